The Morgan fingerprint density at radius 1 is 1.11 bits per heavy atom. The summed E-state index contributed by atoms with van der Waals surface area (Å²) < 4.78 is 1.11. The maximum Gasteiger partial charge on any atom is 0.126 e. The van der Waals surface area contributed by atoms with Gasteiger partial charge in [-0.05, 0) is 23.9 Å². The number of hydrogen-bond acceptors (Lipinski definition) is 4. The van der Waals surface area contributed by atoms with Gasteiger partial charge in [0.2, 0.25) is 0 Å². The first kappa shape index (κ1) is 11.3. The van der Waals surface area contributed by atoms with Crippen LogP contribution in [-0.2, 0) is 6.61 Å². The van der Waals surface area contributed by atoms with E-state index in [2.05, 4.69) is 9.97 Å². The zero-order valence-electron chi connectivity index (χ0n) is 9.92. The van der Waals surface area contributed by atoms with Crippen molar-refractivity contribution in [1.29, 1.82) is 0 Å². The fourth-order valence-corrected chi connectivity index (χ4v) is 2.79. The number of fused-ring (bicyclic) bond motifs is 1. The molecule has 3 rings (SSSR count). The molecular weight excluding hydrogens is 244 g/mol. The summed E-state index contributed by atoms with van der Waals surface area (Å²) in [5, 5.41) is 11.1. The van der Waals surface area contributed by atoms with Gasteiger partial charge in [-0.2, -0.15) is 0 Å². The second-order valence-corrected chi connectivity index (χ2v) is 5.03. The monoisotopic (exact) mass is 256 g/mol. The first-order valence-electron chi connectivity index (χ1n) is 5.70. The molecule has 0 bridgehead atoms. The number of aryl methyl sites for hydroxylation is 1. The quantitative estimate of drug-likeness (QED) is 0.766. The predicted octanol–water partition coefficient (Wildman–Crippen LogP) is 3.16. The fraction of sp³-hybridized carbons (Fsp3) is 0.143. The standard InChI is InChI=1S/C14H12N2OS/c1-9-15-12-6-7-18-14(12)13(16-9)11-4-2-10(8-17)3-5-11/h2-7,17H,8H2,1H3. The van der Waals surface area contributed by atoms with E-state index in [1.54, 1.807) is 11.3 Å². The predicted molar refractivity (Wildman–Crippen MR) is 73.5 cm³/mol. The minimum absolute atomic E-state index is 0.0670. The number of rotatable bonds is 2. The topological polar surface area (TPSA) is 46.0 Å². The van der Waals surface area contributed by atoms with E-state index < -0.39 is 0 Å². The molecule has 0 radical (unpaired) electrons. The Bertz CT molecular complexity index is 689. The lowest BCUT2D eigenvalue weighted by atomic mass is 10.1. The molecule has 0 saturated carbocycles. The number of aliphatic hydroxyl groups is 1. The van der Waals surface area contributed by atoms with Crippen LogP contribution in [0, 0.1) is 6.92 Å². The molecule has 2 aromatic heterocycles. The van der Waals surface area contributed by atoms with Crippen molar-refractivity contribution in [3.63, 3.8) is 0 Å². The first-order chi connectivity index (χ1) is 8.78. The van der Waals surface area contributed by atoms with Crippen molar-refractivity contribution in [2.75, 3.05) is 0 Å². The fourth-order valence-electron chi connectivity index (χ4n) is 1.94. The van der Waals surface area contributed by atoms with Gasteiger partial charge in [0.15, 0.2) is 0 Å². The summed E-state index contributed by atoms with van der Waals surface area (Å²) in [5.41, 5.74) is 3.93. The normalized spacial score (nSPS) is 11.0. The van der Waals surface area contributed by atoms with Gasteiger partial charge in [0.1, 0.15) is 5.82 Å². The van der Waals surface area contributed by atoms with Crippen molar-refractivity contribution in [2.24, 2.45) is 0 Å². The summed E-state index contributed by atoms with van der Waals surface area (Å²) >= 11 is 1.65. The molecule has 0 aliphatic rings. The minimum Gasteiger partial charge on any atom is -0.392 e. The summed E-state index contributed by atoms with van der Waals surface area (Å²) in [6.45, 7) is 1.97. The third-order valence-corrected chi connectivity index (χ3v) is 3.74. The van der Waals surface area contributed by atoms with E-state index >= 15 is 0 Å². The Labute approximate surface area is 109 Å². The minimum atomic E-state index is 0.0670. The maximum atomic E-state index is 9.06. The van der Waals surface area contributed by atoms with Crippen molar-refractivity contribution in [2.45, 2.75) is 13.5 Å². The van der Waals surface area contributed by atoms with E-state index in [9.17, 15) is 0 Å². The SMILES string of the molecule is Cc1nc(-c2ccc(CO)cc2)c2sccc2n1. The van der Waals surface area contributed by atoms with Crippen molar-refractivity contribution in [3.05, 3.63) is 47.1 Å². The van der Waals surface area contributed by atoms with Crippen LogP contribution in [0.2, 0.25) is 0 Å². The number of nitrogens with zero attached hydrogens (tertiary/aromatic N) is 2. The second kappa shape index (κ2) is 4.48. The molecule has 2 heterocycles. The molecule has 1 aromatic carbocycles. The van der Waals surface area contributed by atoms with E-state index in [-0.39, 0.29) is 6.61 Å². The lowest BCUT2D eigenvalue weighted by Crippen LogP contribution is -1.92. The molecule has 18 heavy (non-hydrogen) atoms. The lowest BCUT2D eigenvalue weighted by molar-refractivity contribution is 0.282. The third-order valence-electron chi connectivity index (χ3n) is 2.83. The molecule has 0 atom stereocenters. The van der Waals surface area contributed by atoms with Gasteiger partial charge in [0, 0.05) is 5.56 Å². The van der Waals surface area contributed by atoms with Crippen molar-refractivity contribution >= 4 is 21.6 Å². The molecule has 3 aromatic rings. The molecule has 1 N–H and O–H groups in total. The molecule has 0 amide bonds. The average molecular weight is 256 g/mol. The van der Waals surface area contributed by atoms with Gasteiger partial charge < -0.3 is 5.11 Å². The highest BCUT2D eigenvalue weighted by molar-refractivity contribution is 7.17. The molecule has 0 unspecified atom stereocenters. The Morgan fingerprint density at radius 2 is 1.89 bits per heavy atom. The number of thiophene rings is 1. The largest absolute Gasteiger partial charge is 0.392 e. The van der Waals surface area contributed by atoms with Gasteiger partial charge >= 0.3 is 0 Å². The van der Waals surface area contributed by atoms with Crippen LogP contribution in [0.1, 0.15) is 11.4 Å². The lowest BCUT2D eigenvalue weighted by Gasteiger charge is -2.04. The Balaban J connectivity index is 2.20. The number of aliphatic hydroxyl groups excluding tert-OH is 1. The zero-order chi connectivity index (χ0) is 12.5. The smallest absolute Gasteiger partial charge is 0.126 e. The Kier molecular flexibility index (Phi) is 2.81. The summed E-state index contributed by atoms with van der Waals surface area (Å²) in [7, 11) is 0. The van der Waals surface area contributed by atoms with Crippen LogP contribution in [0.15, 0.2) is 35.7 Å². The van der Waals surface area contributed by atoms with Gasteiger partial charge in [-0.1, -0.05) is 24.3 Å². The van der Waals surface area contributed by atoms with Crippen LogP contribution in [0.5, 0.6) is 0 Å². The molecule has 3 nitrogen and oxygen atoms in total. The maximum absolute atomic E-state index is 9.06. The van der Waals surface area contributed by atoms with Gasteiger partial charge in [0.05, 0.1) is 22.5 Å². The number of hydrogen-bond donors (Lipinski definition) is 1. The highest BCUT2D eigenvalue weighted by Gasteiger charge is 2.09. The van der Waals surface area contributed by atoms with E-state index in [1.165, 1.54) is 0 Å². The summed E-state index contributed by atoms with van der Waals surface area (Å²) in [4.78, 5) is 8.95. The van der Waals surface area contributed by atoms with E-state index in [1.807, 2.05) is 42.6 Å². The van der Waals surface area contributed by atoms with Crippen LogP contribution in [0.25, 0.3) is 21.5 Å². The number of benzene rings is 1. The van der Waals surface area contributed by atoms with E-state index in [4.69, 9.17) is 5.11 Å². The highest BCUT2D eigenvalue weighted by atomic mass is 32.1. The highest BCUT2D eigenvalue weighted by Crippen LogP contribution is 2.30. The first-order valence-corrected chi connectivity index (χ1v) is 6.58. The van der Waals surface area contributed by atoms with Gasteiger partial charge in [-0.3, -0.25) is 0 Å². The van der Waals surface area contributed by atoms with Crippen LogP contribution >= 0.6 is 11.3 Å². The molecule has 4 heteroatoms. The molecule has 0 saturated heterocycles. The zero-order valence-corrected chi connectivity index (χ0v) is 10.7. The van der Waals surface area contributed by atoms with Crippen LogP contribution in [-0.4, -0.2) is 15.1 Å². The van der Waals surface area contributed by atoms with Gasteiger partial charge in [-0.15, -0.1) is 11.3 Å². The van der Waals surface area contributed by atoms with Gasteiger partial charge in [-0.25, -0.2) is 9.97 Å². The third kappa shape index (κ3) is 1.89. The molecular formula is C14H12N2OS. The molecule has 0 spiro atoms. The van der Waals surface area contributed by atoms with E-state index in [0.717, 1.165) is 32.9 Å². The Morgan fingerprint density at radius 3 is 2.61 bits per heavy atom. The molecule has 0 fully saturated rings. The van der Waals surface area contributed by atoms with Crippen LogP contribution in [0.3, 0.4) is 0 Å². The summed E-state index contributed by atoms with van der Waals surface area (Å²) in [6.07, 6.45) is 0. The van der Waals surface area contributed by atoms with Gasteiger partial charge in [0.25, 0.3) is 0 Å². The second-order valence-electron chi connectivity index (χ2n) is 4.11. The Hall–Kier alpha value is -1.78. The average Bonchev–Trinajstić information content (AvgIpc) is 2.86. The van der Waals surface area contributed by atoms with Crippen LogP contribution < -0.4 is 0 Å². The summed E-state index contributed by atoms with van der Waals surface area (Å²) in [5.74, 6) is 0.780. The van der Waals surface area contributed by atoms with E-state index in [0.29, 0.717) is 0 Å². The molecule has 90 valence electrons. The van der Waals surface area contributed by atoms with Crippen molar-refractivity contribution < 1.29 is 5.11 Å². The number of aromatic nitrogens is 2. The van der Waals surface area contributed by atoms with Crippen LogP contribution in [0.4, 0.5) is 0 Å². The summed E-state index contributed by atoms with van der Waals surface area (Å²) in [6, 6.07) is 9.84. The molecule has 0 aliphatic heterocycles. The molecule has 0 aliphatic carbocycles. The van der Waals surface area contributed by atoms with Crippen molar-refractivity contribution in [1.82, 2.24) is 9.97 Å². The van der Waals surface area contributed by atoms with Crippen molar-refractivity contribution in [3.8, 4) is 11.3 Å².